The van der Waals surface area contributed by atoms with Crippen molar-refractivity contribution in [2.24, 2.45) is 11.8 Å². The average Bonchev–Trinajstić information content (AvgIpc) is 2.27. The molecule has 0 spiro atoms. The van der Waals surface area contributed by atoms with Gasteiger partial charge in [-0.05, 0) is 77.4 Å². The molecule has 18 heavy (non-hydrogen) atoms. The summed E-state index contributed by atoms with van der Waals surface area (Å²) in [7, 11) is 0. The summed E-state index contributed by atoms with van der Waals surface area (Å²) in [5.74, 6) is 1.87. The van der Waals surface area contributed by atoms with Gasteiger partial charge in [0.2, 0.25) is 0 Å². The van der Waals surface area contributed by atoms with Crippen LogP contribution >= 0.6 is 0 Å². The largest absolute Gasteiger partial charge is 0.311 e. The maximum atomic E-state index is 3.88. The van der Waals surface area contributed by atoms with Crippen LogP contribution in [0.25, 0.3) is 0 Å². The van der Waals surface area contributed by atoms with Crippen molar-refractivity contribution in [3.05, 3.63) is 0 Å². The molecular formula is C16H32N2. The fourth-order valence-corrected chi connectivity index (χ4v) is 3.62. The predicted molar refractivity (Wildman–Crippen MR) is 78.9 cm³/mol. The molecule has 0 aromatic carbocycles. The first kappa shape index (κ1) is 14.3. The van der Waals surface area contributed by atoms with Gasteiger partial charge in [-0.1, -0.05) is 13.3 Å². The van der Waals surface area contributed by atoms with Crippen LogP contribution in [-0.2, 0) is 0 Å². The minimum atomic E-state index is 0.712. The van der Waals surface area contributed by atoms with Crippen LogP contribution in [0.1, 0.15) is 59.3 Å². The molecule has 1 aliphatic carbocycles. The van der Waals surface area contributed by atoms with Crippen LogP contribution in [0.3, 0.4) is 0 Å². The van der Waals surface area contributed by atoms with Gasteiger partial charge in [0, 0.05) is 12.1 Å². The number of likely N-dealkylation sites (tertiary alicyclic amines) is 1. The lowest BCUT2D eigenvalue weighted by Gasteiger charge is -2.39. The lowest BCUT2D eigenvalue weighted by Crippen LogP contribution is -2.47. The lowest BCUT2D eigenvalue weighted by molar-refractivity contribution is 0.145. The summed E-state index contributed by atoms with van der Waals surface area (Å²) in [5.41, 5.74) is 0. The molecule has 1 saturated carbocycles. The Balaban J connectivity index is 1.68. The van der Waals surface area contributed by atoms with Crippen molar-refractivity contribution in [3.8, 4) is 0 Å². The van der Waals surface area contributed by atoms with Gasteiger partial charge in [-0.15, -0.1) is 0 Å². The van der Waals surface area contributed by atoms with Crippen LogP contribution in [0.15, 0.2) is 0 Å². The van der Waals surface area contributed by atoms with E-state index in [2.05, 4.69) is 31.0 Å². The quantitative estimate of drug-likeness (QED) is 0.780. The molecule has 2 rings (SSSR count). The highest BCUT2D eigenvalue weighted by Crippen LogP contribution is 2.30. The molecule has 2 atom stereocenters. The van der Waals surface area contributed by atoms with E-state index in [1.54, 1.807) is 0 Å². The molecule has 2 fully saturated rings. The Morgan fingerprint density at radius 1 is 1.00 bits per heavy atom. The third-order valence-electron chi connectivity index (χ3n) is 5.26. The van der Waals surface area contributed by atoms with E-state index < -0.39 is 0 Å². The van der Waals surface area contributed by atoms with E-state index in [4.69, 9.17) is 0 Å². The van der Waals surface area contributed by atoms with E-state index in [1.807, 2.05) is 0 Å². The van der Waals surface area contributed by atoms with Crippen LogP contribution in [0, 0.1) is 11.8 Å². The summed E-state index contributed by atoms with van der Waals surface area (Å²) in [6, 6.07) is 1.45. The van der Waals surface area contributed by atoms with Gasteiger partial charge in [0.15, 0.2) is 0 Å². The fourth-order valence-electron chi connectivity index (χ4n) is 3.62. The molecule has 0 amide bonds. The number of nitrogens with one attached hydrogen (secondary N) is 1. The molecule has 0 aromatic rings. The van der Waals surface area contributed by atoms with Crippen molar-refractivity contribution in [2.75, 3.05) is 19.6 Å². The number of piperidine rings is 1. The second-order valence-electron chi connectivity index (χ2n) is 6.61. The molecule has 2 aliphatic rings. The van der Waals surface area contributed by atoms with Gasteiger partial charge in [-0.25, -0.2) is 0 Å². The van der Waals surface area contributed by atoms with E-state index in [-0.39, 0.29) is 0 Å². The minimum Gasteiger partial charge on any atom is -0.311 e. The molecule has 106 valence electrons. The molecule has 1 aliphatic heterocycles. The molecule has 2 nitrogen and oxygen atoms in total. The third kappa shape index (κ3) is 3.71. The van der Waals surface area contributed by atoms with Crippen molar-refractivity contribution in [1.82, 2.24) is 10.2 Å². The molecular weight excluding hydrogens is 220 g/mol. The average molecular weight is 252 g/mol. The Hall–Kier alpha value is -0.0800. The standard InChI is InChI=1S/C16H32N2/c1-4-10-18-11-8-16(9-12-18)14(3)17-13(2)15-6-5-7-15/h13-17H,4-12H2,1-3H3. The normalized spacial score (nSPS) is 26.8. The molecule has 1 N–H and O–H groups in total. The summed E-state index contributed by atoms with van der Waals surface area (Å²) in [5, 5.41) is 3.88. The Bertz CT molecular complexity index is 229. The zero-order valence-electron chi connectivity index (χ0n) is 12.6. The number of hydrogen-bond donors (Lipinski definition) is 1. The van der Waals surface area contributed by atoms with Gasteiger partial charge in [0.25, 0.3) is 0 Å². The molecule has 2 unspecified atom stereocenters. The Morgan fingerprint density at radius 2 is 1.56 bits per heavy atom. The monoisotopic (exact) mass is 252 g/mol. The zero-order valence-corrected chi connectivity index (χ0v) is 12.6. The van der Waals surface area contributed by atoms with E-state index in [1.165, 1.54) is 58.2 Å². The minimum absolute atomic E-state index is 0.712. The van der Waals surface area contributed by atoms with Crippen molar-refractivity contribution >= 4 is 0 Å². The third-order valence-corrected chi connectivity index (χ3v) is 5.26. The van der Waals surface area contributed by atoms with Gasteiger partial charge in [0.1, 0.15) is 0 Å². The zero-order chi connectivity index (χ0) is 13.0. The van der Waals surface area contributed by atoms with Gasteiger partial charge < -0.3 is 10.2 Å². The van der Waals surface area contributed by atoms with Crippen LogP contribution < -0.4 is 5.32 Å². The first-order valence-corrected chi connectivity index (χ1v) is 8.19. The Kier molecular flexibility index (Phi) is 5.50. The van der Waals surface area contributed by atoms with Gasteiger partial charge in [-0.2, -0.15) is 0 Å². The highest BCUT2D eigenvalue weighted by molar-refractivity contribution is 4.85. The van der Waals surface area contributed by atoms with Crippen LogP contribution in [-0.4, -0.2) is 36.6 Å². The maximum absolute atomic E-state index is 3.88. The summed E-state index contributed by atoms with van der Waals surface area (Å²) in [6.45, 7) is 11.0. The van der Waals surface area contributed by atoms with Crippen molar-refractivity contribution < 1.29 is 0 Å². The molecule has 2 heteroatoms. The highest BCUT2D eigenvalue weighted by Gasteiger charge is 2.28. The van der Waals surface area contributed by atoms with Crippen molar-refractivity contribution in [3.63, 3.8) is 0 Å². The summed E-state index contributed by atoms with van der Waals surface area (Å²) < 4.78 is 0. The van der Waals surface area contributed by atoms with E-state index in [0.29, 0.717) is 6.04 Å². The Morgan fingerprint density at radius 3 is 2.00 bits per heavy atom. The lowest BCUT2D eigenvalue weighted by atomic mass is 9.79. The number of rotatable bonds is 6. The Labute approximate surface area is 114 Å². The fraction of sp³-hybridized carbons (Fsp3) is 1.00. The smallest absolute Gasteiger partial charge is 0.00705 e. The second-order valence-corrected chi connectivity index (χ2v) is 6.61. The summed E-state index contributed by atoms with van der Waals surface area (Å²) in [6.07, 6.45) is 8.46. The molecule has 1 heterocycles. The maximum Gasteiger partial charge on any atom is 0.00705 e. The summed E-state index contributed by atoms with van der Waals surface area (Å²) in [4.78, 5) is 2.64. The summed E-state index contributed by atoms with van der Waals surface area (Å²) >= 11 is 0. The van der Waals surface area contributed by atoms with Crippen LogP contribution in [0.5, 0.6) is 0 Å². The molecule has 0 radical (unpaired) electrons. The molecule has 0 aromatic heterocycles. The SMILES string of the molecule is CCCN1CCC(C(C)NC(C)C2CCC2)CC1. The highest BCUT2D eigenvalue weighted by atomic mass is 15.1. The first-order chi connectivity index (χ1) is 8.70. The van der Waals surface area contributed by atoms with Gasteiger partial charge in [0.05, 0.1) is 0 Å². The van der Waals surface area contributed by atoms with E-state index >= 15 is 0 Å². The van der Waals surface area contributed by atoms with E-state index in [0.717, 1.165) is 17.9 Å². The van der Waals surface area contributed by atoms with Crippen LogP contribution in [0.2, 0.25) is 0 Å². The van der Waals surface area contributed by atoms with Crippen molar-refractivity contribution in [2.45, 2.75) is 71.4 Å². The number of hydrogen-bond acceptors (Lipinski definition) is 2. The first-order valence-electron chi connectivity index (χ1n) is 8.19. The van der Waals surface area contributed by atoms with Gasteiger partial charge >= 0.3 is 0 Å². The molecule has 1 saturated heterocycles. The van der Waals surface area contributed by atoms with Crippen molar-refractivity contribution in [1.29, 1.82) is 0 Å². The topological polar surface area (TPSA) is 15.3 Å². The second kappa shape index (κ2) is 6.91. The van der Waals surface area contributed by atoms with Gasteiger partial charge in [-0.3, -0.25) is 0 Å². The molecule has 0 bridgehead atoms. The van der Waals surface area contributed by atoms with Crippen LogP contribution in [0.4, 0.5) is 0 Å². The van der Waals surface area contributed by atoms with E-state index in [9.17, 15) is 0 Å². The predicted octanol–water partition coefficient (Wildman–Crippen LogP) is 3.28. The number of nitrogens with zero attached hydrogens (tertiary/aromatic N) is 1.